The molecule has 11 aromatic carbocycles. The van der Waals surface area contributed by atoms with Crippen LogP contribution in [0.4, 0.5) is 17.1 Å². The van der Waals surface area contributed by atoms with Gasteiger partial charge < -0.3 is 9.47 Å². The molecule has 0 bridgehead atoms. The summed E-state index contributed by atoms with van der Waals surface area (Å²) in [7, 11) is 0. The molecule has 14 rings (SSSR count). The number of nitrogens with zero attached hydrogens (tertiary/aromatic N) is 2. The lowest BCUT2D eigenvalue weighted by molar-refractivity contribution is 0.792. The molecule has 2 nitrogen and oxygen atoms in total. The fourth-order valence-corrected chi connectivity index (χ4v) is 11.9. The fourth-order valence-electron chi connectivity index (χ4n) is 11.9. The van der Waals surface area contributed by atoms with Gasteiger partial charge in [-0.15, -0.1) is 0 Å². The summed E-state index contributed by atoms with van der Waals surface area (Å²) in [5.41, 5.74) is 22.6. The molecule has 2 heteroatoms. The second-order valence-corrected chi connectivity index (χ2v) is 18.4. The van der Waals surface area contributed by atoms with Crippen molar-refractivity contribution in [2.75, 3.05) is 4.90 Å². The minimum atomic E-state index is -0.594. The Hall–Kier alpha value is -8.98. The first-order valence-electron chi connectivity index (χ1n) is 23.9. The monoisotopic (exact) mass is 876 g/mol. The van der Waals surface area contributed by atoms with Gasteiger partial charge in [-0.2, -0.15) is 0 Å². The summed E-state index contributed by atoms with van der Waals surface area (Å²) in [5, 5.41) is 3.64. The van der Waals surface area contributed by atoms with Crippen LogP contribution in [-0.2, 0) is 5.41 Å². The molecule has 0 aliphatic heterocycles. The lowest BCUT2D eigenvalue weighted by Crippen LogP contribution is -2.26. The number of para-hydroxylation sites is 1. The fraction of sp³-hybridized carbons (Fsp3) is 0.0149. The van der Waals surface area contributed by atoms with E-state index in [0.29, 0.717) is 0 Å². The molecule has 0 saturated carbocycles. The van der Waals surface area contributed by atoms with Gasteiger partial charge in [0.05, 0.1) is 22.3 Å². The number of rotatable bonds is 7. The van der Waals surface area contributed by atoms with E-state index in [1.165, 1.54) is 99.7 Å². The summed E-state index contributed by atoms with van der Waals surface area (Å²) in [5.74, 6) is 0. The maximum absolute atomic E-state index is 2.52. The van der Waals surface area contributed by atoms with Crippen molar-refractivity contribution >= 4 is 38.7 Å². The molecule has 1 spiro atoms. The van der Waals surface area contributed by atoms with Crippen LogP contribution < -0.4 is 4.90 Å². The van der Waals surface area contributed by atoms with Crippen LogP contribution in [0.1, 0.15) is 22.3 Å². The van der Waals surface area contributed by atoms with Gasteiger partial charge in [-0.3, -0.25) is 0 Å². The third-order valence-electron chi connectivity index (χ3n) is 14.8. The van der Waals surface area contributed by atoms with Gasteiger partial charge in [0.1, 0.15) is 0 Å². The van der Waals surface area contributed by atoms with Crippen molar-refractivity contribution in [3.63, 3.8) is 0 Å². The van der Waals surface area contributed by atoms with Crippen LogP contribution in [0.5, 0.6) is 0 Å². The summed E-state index contributed by atoms with van der Waals surface area (Å²) >= 11 is 0. The zero-order valence-electron chi connectivity index (χ0n) is 37.8. The molecule has 322 valence electrons. The van der Waals surface area contributed by atoms with Crippen LogP contribution in [0, 0.1) is 0 Å². The quantitative estimate of drug-likeness (QED) is 0.155. The van der Waals surface area contributed by atoms with Crippen LogP contribution in [0.3, 0.4) is 0 Å². The molecule has 69 heavy (non-hydrogen) atoms. The Morgan fingerprint density at radius 1 is 0.319 bits per heavy atom. The van der Waals surface area contributed by atoms with E-state index in [0.717, 1.165) is 22.7 Å². The van der Waals surface area contributed by atoms with E-state index in [2.05, 4.69) is 276 Å². The van der Waals surface area contributed by atoms with Gasteiger partial charge in [0.15, 0.2) is 0 Å². The van der Waals surface area contributed by atoms with E-state index >= 15 is 0 Å². The van der Waals surface area contributed by atoms with Crippen LogP contribution in [0.2, 0.25) is 0 Å². The number of anilines is 3. The third kappa shape index (κ3) is 5.86. The molecular formula is C67H44N2. The smallest absolute Gasteiger partial charge is 0.0727 e. The van der Waals surface area contributed by atoms with Crippen LogP contribution in [0.25, 0.3) is 83.1 Å². The first-order chi connectivity index (χ1) is 34.3. The van der Waals surface area contributed by atoms with Crippen molar-refractivity contribution in [2.24, 2.45) is 0 Å². The Morgan fingerprint density at radius 3 is 1.54 bits per heavy atom. The minimum Gasteiger partial charge on any atom is -0.310 e. The van der Waals surface area contributed by atoms with Crippen molar-refractivity contribution in [1.82, 2.24) is 4.57 Å². The average Bonchev–Trinajstić information content (AvgIpc) is 4.04. The molecule has 0 amide bonds. The number of benzene rings is 11. The van der Waals surface area contributed by atoms with Crippen molar-refractivity contribution in [2.45, 2.75) is 5.41 Å². The number of hydrogen-bond acceptors (Lipinski definition) is 1. The Kier molecular flexibility index (Phi) is 8.84. The van der Waals surface area contributed by atoms with E-state index in [9.17, 15) is 0 Å². The molecule has 0 unspecified atom stereocenters. The van der Waals surface area contributed by atoms with Gasteiger partial charge in [-0.25, -0.2) is 0 Å². The van der Waals surface area contributed by atoms with Crippen LogP contribution in [-0.4, -0.2) is 4.57 Å². The third-order valence-corrected chi connectivity index (χ3v) is 14.8. The molecule has 2 aliphatic rings. The maximum atomic E-state index is 2.52. The van der Waals surface area contributed by atoms with E-state index in [-0.39, 0.29) is 0 Å². The summed E-state index contributed by atoms with van der Waals surface area (Å²) in [4.78, 5) is 2.47. The Balaban J connectivity index is 1.04. The van der Waals surface area contributed by atoms with Gasteiger partial charge in [0.2, 0.25) is 0 Å². The van der Waals surface area contributed by atoms with Crippen LogP contribution in [0.15, 0.2) is 267 Å². The van der Waals surface area contributed by atoms with Crippen molar-refractivity contribution < 1.29 is 0 Å². The lowest BCUT2D eigenvalue weighted by Gasteiger charge is -2.32. The first kappa shape index (κ1) is 39.2. The normalized spacial score (nSPS) is 12.8. The number of hydrogen-bond donors (Lipinski definition) is 0. The molecule has 1 heterocycles. The Labute approximate surface area is 402 Å². The number of fused-ring (bicyclic) bond motifs is 12. The number of aromatic nitrogens is 1. The van der Waals surface area contributed by atoms with Gasteiger partial charge in [-0.05, 0) is 121 Å². The molecule has 0 saturated heterocycles. The zero-order chi connectivity index (χ0) is 45.5. The minimum absolute atomic E-state index is 0.594. The topological polar surface area (TPSA) is 8.17 Å². The maximum Gasteiger partial charge on any atom is 0.0727 e. The highest BCUT2D eigenvalue weighted by molar-refractivity contribution is 6.06. The molecule has 1 aromatic heterocycles. The van der Waals surface area contributed by atoms with Gasteiger partial charge in [0.25, 0.3) is 0 Å². The van der Waals surface area contributed by atoms with E-state index in [1.807, 2.05) is 0 Å². The molecule has 12 aromatic rings. The van der Waals surface area contributed by atoms with Crippen molar-refractivity contribution in [1.29, 1.82) is 0 Å². The largest absolute Gasteiger partial charge is 0.310 e. The highest BCUT2D eigenvalue weighted by Gasteiger charge is 2.52. The summed E-state index contributed by atoms with van der Waals surface area (Å²) < 4.78 is 2.52. The Bertz CT molecular complexity index is 3890. The predicted molar refractivity (Wildman–Crippen MR) is 288 cm³/mol. The van der Waals surface area contributed by atoms with Gasteiger partial charge >= 0.3 is 0 Å². The molecule has 0 N–H and O–H groups in total. The first-order valence-corrected chi connectivity index (χ1v) is 23.9. The van der Waals surface area contributed by atoms with Crippen LogP contribution >= 0.6 is 0 Å². The second kappa shape index (κ2) is 15.6. The second-order valence-electron chi connectivity index (χ2n) is 18.4. The lowest BCUT2D eigenvalue weighted by atomic mass is 9.70. The van der Waals surface area contributed by atoms with Crippen molar-refractivity contribution in [3.8, 4) is 61.5 Å². The molecular weight excluding hydrogens is 833 g/mol. The molecule has 0 radical (unpaired) electrons. The van der Waals surface area contributed by atoms with Gasteiger partial charge in [0, 0.05) is 33.4 Å². The predicted octanol–water partition coefficient (Wildman–Crippen LogP) is 17.6. The molecule has 2 aliphatic carbocycles. The van der Waals surface area contributed by atoms with E-state index in [1.54, 1.807) is 0 Å². The summed E-state index contributed by atoms with van der Waals surface area (Å²) in [6, 6.07) is 98.7. The zero-order valence-corrected chi connectivity index (χ0v) is 37.8. The highest BCUT2D eigenvalue weighted by Crippen LogP contribution is 2.64. The molecule has 0 atom stereocenters. The van der Waals surface area contributed by atoms with E-state index in [4.69, 9.17) is 0 Å². The Morgan fingerprint density at radius 2 is 0.826 bits per heavy atom. The SMILES string of the molecule is c1ccc(-c2ccc(N(c3ccc4c(c3)C3(c5ccccc5-c5ccccc53)c3cc(-n5c(-c6ccccc6)c(-c6ccccc6)c6ccccc65)ccc3-4)c3cccc4ccccc34)cc2)cc1. The van der Waals surface area contributed by atoms with E-state index < -0.39 is 5.41 Å². The summed E-state index contributed by atoms with van der Waals surface area (Å²) in [6.07, 6.45) is 0. The standard InChI is InChI=1S/C67H44N2/c1-4-19-45(20-5-1)46-35-37-50(38-36-46)68(63-34-18-26-47-21-10-11-27-53(47)63)51-39-41-56-57-42-40-52(44-62(57)67(61(56)43-51)59-31-15-12-28-54(59)55-29-13-16-32-60(55)67)69-64-33-17-14-30-58(64)65(48-22-6-2-7-23-48)66(69)49-24-8-3-9-25-49/h1-44H. The summed E-state index contributed by atoms with van der Waals surface area (Å²) in [6.45, 7) is 0. The van der Waals surface area contributed by atoms with Crippen molar-refractivity contribution in [3.05, 3.63) is 289 Å². The molecule has 0 fully saturated rings. The van der Waals surface area contributed by atoms with Gasteiger partial charge in [-0.1, -0.05) is 218 Å². The average molecular weight is 877 g/mol. The highest BCUT2D eigenvalue weighted by atomic mass is 15.1.